The Balaban J connectivity index is 1.70. The van der Waals surface area contributed by atoms with Gasteiger partial charge in [0.1, 0.15) is 0 Å². The molecule has 2 atom stereocenters. The second-order valence-corrected chi connectivity index (χ2v) is 5.90. The van der Waals surface area contributed by atoms with Gasteiger partial charge < -0.3 is 10.2 Å². The van der Waals surface area contributed by atoms with Crippen molar-refractivity contribution in [1.82, 2.24) is 15.1 Å². The molecule has 1 saturated carbocycles. The summed E-state index contributed by atoms with van der Waals surface area (Å²) >= 11 is 0. The Kier molecular flexibility index (Phi) is 5.26. The fourth-order valence-electron chi connectivity index (χ4n) is 3.35. The summed E-state index contributed by atoms with van der Waals surface area (Å²) in [4.78, 5) is 5.21. The topological polar surface area (TPSA) is 18.5 Å². The van der Waals surface area contributed by atoms with Gasteiger partial charge in [0, 0.05) is 45.3 Å². The summed E-state index contributed by atoms with van der Waals surface area (Å²) in [6.07, 6.45) is 5.73. The maximum absolute atomic E-state index is 3.42. The quantitative estimate of drug-likeness (QED) is 0.800. The van der Waals surface area contributed by atoms with Crippen LogP contribution in [0.1, 0.15) is 32.6 Å². The van der Waals surface area contributed by atoms with Crippen molar-refractivity contribution in [3.63, 3.8) is 0 Å². The molecule has 2 fully saturated rings. The molecule has 1 N–H and O–H groups in total. The van der Waals surface area contributed by atoms with Crippen LogP contribution in [-0.2, 0) is 0 Å². The predicted octanol–water partition coefficient (Wildman–Crippen LogP) is 1.40. The number of nitrogens with zero attached hydrogens (tertiary/aromatic N) is 2. The third-order valence-corrected chi connectivity index (χ3v) is 4.61. The van der Waals surface area contributed by atoms with E-state index in [1.165, 1.54) is 65.0 Å². The molecular formula is C14H29N3. The zero-order valence-electron chi connectivity index (χ0n) is 11.6. The van der Waals surface area contributed by atoms with Crippen LogP contribution in [0.2, 0.25) is 0 Å². The minimum absolute atomic E-state index is 0.840. The lowest BCUT2D eigenvalue weighted by atomic mass is 9.85. The first-order valence-corrected chi connectivity index (χ1v) is 7.40. The van der Waals surface area contributed by atoms with Crippen molar-refractivity contribution in [3.8, 4) is 0 Å². The first-order valence-electron chi connectivity index (χ1n) is 7.40. The summed E-state index contributed by atoms with van der Waals surface area (Å²) in [5.41, 5.74) is 0. The van der Waals surface area contributed by atoms with Crippen molar-refractivity contribution in [2.75, 3.05) is 46.3 Å². The molecule has 0 aromatic carbocycles. The van der Waals surface area contributed by atoms with Crippen LogP contribution in [0, 0.1) is 5.92 Å². The highest BCUT2D eigenvalue weighted by molar-refractivity contribution is 4.80. The summed E-state index contributed by atoms with van der Waals surface area (Å²) in [5.74, 6) is 0.900. The first-order chi connectivity index (χ1) is 8.27. The molecule has 2 rings (SSSR count). The fraction of sp³-hybridized carbons (Fsp3) is 1.00. The van der Waals surface area contributed by atoms with E-state index < -0.39 is 0 Å². The molecule has 100 valence electrons. The second kappa shape index (κ2) is 6.72. The van der Waals surface area contributed by atoms with E-state index in [1.807, 2.05) is 0 Å². The molecule has 2 aliphatic rings. The van der Waals surface area contributed by atoms with Gasteiger partial charge >= 0.3 is 0 Å². The normalized spacial score (nSPS) is 31.9. The van der Waals surface area contributed by atoms with Crippen molar-refractivity contribution in [3.05, 3.63) is 0 Å². The lowest BCUT2D eigenvalue weighted by Crippen LogP contribution is -2.48. The highest BCUT2D eigenvalue weighted by Crippen LogP contribution is 2.27. The summed E-state index contributed by atoms with van der Waals surface area (Å²) in [6.45, 7) is 9.73. The molecule has 1 saturated heterocycles. The standard InChI is InChI=1S/C14H29N3/c1-13-5-3-4-6-14(13)16(2)11-12-17-9-7-15-8-10-17/h13-15H,3-12H2,1-2H3. The highest BCUT2D eigenvalue weighted by Gasteiger charge is 2.24. The SMILES string of the molecule is CC1CCCCC1N(C)CCN1CCNCC1. The van der Waals surface area contributed by atoms with Crippen LogP contribution in [0.25, 0.3) is 0 Å². The lowest BCUT2D eigenvalue weighted by molar-refractivity contribution is 0.118. The van der Waals surface area contributed by atoms with E-state index in [9.17, 15) is 0 Å². The summed E-state index contributed by atoms with van der Waals surface area (Å²) in [6, 6.07) is 0.840. The molecule has 2 unspecified atom stereocenters. The monoisotopic (exact) mass is 239 g/mol. The number of nitrogens with one attached hydrogen (secondary N) is 1. The Labute approximate surface area is 107 Å². The van der Waals surface area contributed by atoms with E-state index in [2.05, 4.69) is 29.1 Å². The van der Waals surface area contributed by atoms with Crippen LogP contribution in [0.5, 0.6) is 0 Å². The Hall–Kier alpha value is -0.120. The smallest absolute Gasteiger partial charge is 0.0118 e. The van der Waals surface area contributed by atoms with E-state index in [-0.39, 0.29) is 0 Å². The predicted molar refractivity (Wildman–Crippen MR) is 73.4 cm³/mol. The number of rotatable bonds is 4. The van der Waals surface area contributed by atoms with E-state index in [0.717, 1.165) is 12.0 Å². The molecule has 0 radical (unpaired) electrons. The maximum atomic E-state index is 3.42. The summed E-state index contributed by atoms with van der Waals surface area (Å²) in [5, 5.41) is 3.42. The Morgan fingerprint density at radius 3 is 2.59 bits per heavy atom. The van der Waals surface area contributed by atoms with E-state index in [0.29, 0.717) is 0 Å². The maximum Gasteiger partial charge on any atom is 0.0118 e. The van der Waals surface area contributed by atoms with Crippen LogP contribution in [0.4, 0.5) is 0 Å². The van der Waals surface area contributed by atoms with Gasteiger partial charge in [-0.2, -0.15) is 0 Å². The van der Waals surface area contributed by atoms with Gasteiger partial charge in [0.15, 0.2) is 0 Å². The largest absolute Gasteiger partial charge is 0.314 e. The number of piperazine rings is 1. The fourth-order valence-corrected chi connectivity index (χ4v) is 3.35. The summed E-state index contributed by atoms with van der Waals surface area (Å²) in [7, 11) is 2.33. The van der Waals surface area contributed by atoms with Gasteiger partial charge in [-0.25, -0.2) is 0 Å². The van der Waals surface area contributed by atoms with Crippen LogP contribution >= 0.6 is 0 Å². The first kappa shape index (κ1) is 13.3. The van der Waals surface area contributed by atoms with Crippen molar-refractivity contribution < 1.29 is 0 Å². The average molecular weight is 239 g/mol. The number of likely N-dealkylation sites (N-methyl/N-ethyl adjacent to an activating group) is 1. The van der Waals surface area contributed by atoms with E-state index >= 15 is 0 Å². The van der Waals surface area contributed by atoms with Gasteiger partial charge in [0.25, 0.3) is 0 Å². The van der Waals surface area contributed by atoms with Crippen LogP contribution in [0.15, 0.2) is 0 Å². The highest BCUT2D eigenvalue weighted by atomic mass is 15.2. The minimum Gasteiger partial charge on any atom is -0.314 e. The molecule has 0 spiro atoms. The third-order valence-electron chi connectivity index (χ3n) is 4.61. The Morgan fingerprint density at radius 1 is 1.18 bits per heavy atom. The van der Waals surface area contributed by atoms with Gasteiger partial charge in [-0.1, -0.05) is 19.8 Å². The van der Waals surface area contributed by atoms with E-state index in [1.54, 1.807) is 0 Å². The average Bonchev–Trinajstić information content (AvgIpc) is 2.38. The molecule has 1 aliphatic heterocycles. The number of hydrogen-bond donors (Lipinski definition) is 1. The lowest BCUT2D eigenvalue weighted by Gasteiger charge is -2.37. The molecule has 0 aromatic rings. The van der Waals surface area contributed by atoms with Crippen molar-refractivity contribution in [2.45, 2.75) is 38.6 Å². The van der Waals surface area contributed by atoms with Gasteiger partial charge in [-0.15, -0.1) is 0 Å². The Bertz CT molecular complexity index is 214. The van der Waals surface area contributed by atoms with Gasteiger partial charge in [0.2, 0.25) is 0 Å². The van der Waals surface area contributed by atoms with Crippen molar-refractivity contribution >= 4 is 0 Å². The summed E-state index contributed by atoms with van der Waals surface area (Å²) < 4.78 is 0. The molecule has 3 nitrogen and oxygen atoms in total. The molecule has 1 aliphatic carbocycles. The van der Waals surface area contributed by atoms with Gasteiger partial charge in [-0.05, 0) is 25.8 Å². The molecule has 0 amide bonds. The zero-order chi connectivity index (χ0) is 12.1. The molecule has 3 heteroatoms. The number of hydrogen-bond acceptors (Lipinski definition) is 3. The van der Waals surface area contributed by atoms with E-state index in [4.69, 9.17) is 0 Å². The Morgan fingerprint density at radius 2 is 1.88 bits per heavy atom. The van der Waals surface area contributed by atoms with Gasteiger partial charge in [0.05, 0.1) is 0 Å². The van der Waals surface area contributed by atoms with Crippen molar-refractivity contribution in [1.29, 1.82) is 0 Å². The third kappa shape index (κ3) is 3.94. The van der Waals surface area contributed by atoms with Crippen LogP contribution in [-0.4, -0.2) is 62.2 Å². The molecule has 0 aromatic heterocycles. The zero-order valence-corrected chi connectivity index (χ0v) is 11.6. The van der Waals surface area contributed by atoms with Crippen LogP contribution in [0.3, 0.4) is 0 Å². The molecule has 17 heavy (non-hydrogen) atoms. The van der Waals surface area contributed by atoms with Crippen LogP contribution < -0.4 is 5.32 Å². The second-order valence-electron chi connectivity index (χ2n) is 5.90. The molecular weight excluding hydrogens is 210 g/mol. The molecule has 0 bridgehead atoms. The van der Waals surface area contributed by atoms with Crippen molar-refractivity contribution in [2.24, 2.45) is 5.92 Å². The minimum atomic E-state index is 0.840. The van der Waals surface area contributed by atoms with Gasteiger partial charge in [-0.3, -0.25) is 4.90 Å². The molecule has 1 heterocycles.